The Morgan fingerprint density at radius 3 is 2.58 bits per heavy atom. The number of pyridine rings is 1. The van der Waals surface area contributed by atoms with E-state index in [0.29, 0.717) is 5.69 Å². The summed E-state index contributed by atoms with van der Waals surface area (Å²) in [6.07, 6.45) is 3.23. The SMILES string of the molecule is Cc1ccncc1NCc1c(F)cc(C#N)cc1F. The Balaban J connectivity index is 2.21. The van der Waals surface area contributed by atoms with E-state index >= 15 is 0 Å². The number of nitriles is 1. The highest BCUT2D eigenvalue weighted by Crippen LogP contribution is 2.18. The van der Waals surface area contributed by atoms with Crippen LogP contribution in [0.3, 0.4) is 0 Å². The minimum atomic E-state index is -0.731. The molecule has 0 aliphatic heterocycles. The number of hydrogen-bond donors (Lipinski definition) is 1. The summed E-state index contributed by atoms with van der Waals surface area (Å²) in [4.78, 5) is 3.94. The first-order valence-corrected chi connectivity index (χ1v) is 5.64. The number of halogens is 2. The monoisotopic (exact) mass is 259 g/mol. The van der Waals surface area contributed by atoms with Gasteiger partial charge in [0.15, 0.2) is 0 Å². The molecule has 0 spiro atoms. The fourth-order valence-electron chi connectivity index (χ4n) is 1.67. The molecule has 0 atom stereocenters. The molecule has 1 N–H and O–H groups in total. The van der Waals surface area contributed by atoms with Crippen molar-refractivity contribution >= 4 is 5.69 Å². The molecule has 5 heteroatoms. The van der Waals surface area contributed by atoms with Crippen LogP contribution in [0.1, 0.15) is 16.7 Å². The number of hydrogen-bond acceptors (Lipinski definition) is 3. The molecule has 0 fully saturated rings. The van der Waals surface area contributed by atoms with Crippen molar-refractivity contribution in [2.45, 2.75) is 13.5 Å². The molecule has 1 aromatic heterocycles. The predicted octanol–water partition coefficient (Wildman–Crippen LogP) is 3.15. The Bertz CT molecular complexity index is 624. The van der Waals surface area contributed by atoms with Gasteiger partial charge >= 0.3 is 0 Å². The largest absolute Gasteiger partial charge is 0.379 e. The van der Waals surface area contributed by atoms with Crippen LogP contribution in [0.25, 0.3) is 0 Å². The molecule has 96 valence electrons. The molecule has 0 bridgehead atoms. The van der Waals surface area contributed by atoms with Gasteiger partial charge in [0.05, 0.1) is 23.5 Å². The predicted molar refractivity (Wildman–Crippen MR) is 67.4 cm³/mol. The number of aromatic nitrogens is 1. The van der Waals surface area contributed by atoms with E-state index in [9.17, 15) is 8.78 Å². The van der Waals surface area contributed by atoms with E-state index < -0.39 is 11.6 Å². The quantitative estimate of drug-likeness (QED) is 0.921. The molecule has 0 radical (unpaired) electrons. The first kappa shape index (κ1) is 13.0. The molecule has 2 rings (SSSR count). The van der Waals surface area contributed by atoms with Gasteiger partial charge < -0.3 is 5.32 Å². The molecule has 0 unspecified atom stereocenters. The lowest BCUT2D eigenvalue weighted by molar-refractivity contribution is 0.559. The molecule has 0 aliphatic carbocycles. The van der Waals surface area contributed by atoms with Gasteiger partial charge in [0.2, 0.25) is 0 Å². The van der Waals surface area contributed by atoms with Crippen LogP contribution in [0.4, 0.5) is 14.5 Å². The van der Waals surface area contributed by atoms with Crippen LogP contribution in [0, 0.1) is 29.9 Å². The van der Waals surface area contributed by atoms with E-state index in [1.165, 1.54) is 0 Å². The Hall–Kier alpha value is -2.48. The number of rotatable bonds is 3. The van der Waals surface area contributed by atoms with Crippen LogP contribution in [0.5, 0.6) is 0 Å². The molecule has 0 amide bonds. The summed E-state index contributed by atoms with van der Waals surface area (Å²) in [5.41, 5.74) is 1.52. The lowest BCUT2D eigenvalue weighted by Gasteiger charge is -2.10. The lowest BCUT2D eigenvalue weighted by atomic mass is 10.1. The van der Waals surface area contributed by atoms with Gasteiger partial charge in [-0.2, -0.15) is 5.26 Å². The van der Waals surface area contributed by atoms with Gasteiger partial charge in [-0.15, -0.1) is 0 Å². The van der Waals surface area contributed by atoms with Gasteiger partial charge in [-0.25, -0.2) is 8.78 Å². The molecule has 3 nitrogen and oxygen atoms in total. The normalized spacial score (nSPS) is 10.0. The maximum atomic E-state index is 13.7. The maximum absolute atomic E-state index is 13.7. The third kappa shape index (κ3) is 2.86. The minimum Gasteiger partial charge on any atom is -0.379 e. The van der Waals surface area contributed by atoms with E-state index in [4.69, 9.17) is 5.26 Å². The molecule has 0 saturated carbocycles. The van der Waals surface area contributed by atoms with Crippen molar-refractivity contribution in [1.29, 1.82) is 5.26 Å². The van der Waals surface area contributed by atoms with Crippen molar-refractivity contribution in [1.82, 2.24) is 4.98 Å². The summed E-state index contributed by atoms with van der Waals surface area (Å²) in [5, 5.41) is 11.5. The number of nitrogens with zero attached hydrogens (tertiary/aromatic N) is 2. The van der Waals surface area contributed by atoms with Crippen molar-refractivity contribution in [3.8, 4) is 6.07 Å². The molecule has 2 aromatic rings. The Kier molecular flexibility index (Phi) is 3.71. The fraction of sp³-hybridized carbons (Fsp3) is 0.143. The van der Waals surface area contributed by atoms with E-state index in [1.807, 2.05) is 6.92 Å². The second kappa shape index (κ2) is 5.44. The van der Waals surface area contributed by atoms with Gasteiger partial charge in [-0.05, 0) is 30.7 Å². The minimum absolute atomic E-state index is 0.00406. The second-order valence-corrected chi connectivity index (χ2v) is 4.07. The molecule has 19 heavy (non-hydrogen) atoms. The Labute approximate surface area is 109 Å². The number of nitrogens with one attached hydrogen (secondary N) is 1. The summed E-state index contributed by atoms with van der Waals surface area (Å²) in [6, 6.07) is 5.56. The Morgan fingerprint density at radius 1 is 1.32 bits per heavy atom. The first-order chi connectivity index (χ1) is 9.11. The van der Waals surface area contributed by atoms with Crippen LogP contribution in [0.15, 0.2) is 30.6 Å². The van der Waals surface area contributed by atoms with Crippen LogP contribution >= 0.6 is 0 Å². The van der Waals surface area contributed by atoms with Crippen molar-refractivity contribution in [3.63, 3.8) is 0 Å². The second-order valence-electron chi connectivity index (χ2n) is 4.07. The maximum Gasteiger partial charge on any atom is 0.132 e. The van der Waals surface area contributed by atoms with E-state index in [-0.39, 0.29) is 17.7 Å². The van der Waals surface area contributed by atoms with E-state index in [2.05, 4.69) is 10.3 Å². The third-order valence-electron chi connectivity index (χ3n) is 2.76. The van der Waals surface area contributed by atoms with Crippen LogP contribution in [-0.4, -0.2) is 4.98 Å². The standard InChI is InChI=1S/C14H11F2N3/c1-9-2-3-18-8-14(9)19-7-11-12(15)4-10(6-17)5-13(11)16/h2-5,8,19H,7H2,1H3. The van der Waals surface area contributed by atoms with E-state index in [0.717, 1.165) is 17.7 Å². The van der Waals surface area contributed by atoms with Crippen LogP contribution in [-0.2, 0) is 6.54 Å². The average Bonchev–Trinajstić information content (AvgIpc) is 2.39. The van der Waals surface area contributed by atoms with Gasteiger partial charge in [-0.3, -0.25) is 4.98 Å². The molecular formula is C14H11F2N3. The zero-order valence-electron chi connectivity index (χ0n) is 10.2. The van der Waals surface area contributed by atoms with Crippen molar-refractivity contribution in [2.24, 2.45) is 0 Å². The third-order valence-corrected chi connectivity index (χ3v) is 2.76. The highest BCUT2D eigenvalue weighted by molar-refractivity contribution is 5.48. The van der Waals surface area contributed by atoms with Gasteiger partial charge in [-0.1, -0.05) is 0 Å². The highest BCUT2D eigenvalue weighted by atomic mass is 19.1. The summed E-state index contributed by atoms with van der Waals surface area (Å²) in [6.45, 7) is 1.87. The smallest absolute Gasteiger partial charge is 0.132 e. The zero-order valence-corrected chi connectivity index (χ0v) is 10.2. The summed E-state index contributed by atoms with van der Waals surface area (Å²) < 4.78 is 27.3. The molecule has 1 heterocycles. The summed E-state index contributed by atoms with van der Waals surface area (Å²) in [5.74, 6) is -1.46. The molecule has 0 saturated heterocycles. The summed E-state index contributed by atoms with van der Waals surface area (Å²) >= 11 is 0. The molecule has 1 aromatic carbocycles. The first-order valence-electron chi connectivity index (χ1n) is 5.64. The van der Waals surface area contributed by atoms with Crippen LogP contribution < -0.4 is 5.32 Å². The van der Waals surface area contributed by atoms with Gasteiger partial charge in [0, 0.05) is 18.3 Å². The molecule has 0 aliphatic rings. The zero-order chi connectivity index (χ0) is 13.8. The average molecular weight is 259 g/mol. The topological polar surface area (TPSA) is 48.7 Å². The number of aryl methyl sites for hydroxylation is 1. The van der Waals surface area contributed by atoms with Crippen molar-refractivity contribution in [2.75, 3.05) is 5.32 Å². The van der Waals surface area contributed by atoms with Gasteiger partial charge in [0.25, 0.3) is 0 Å². The number of benzene rings is 1. The van der Waals surface area contributed by atoms with E-state index in [1.54, 1.807) is 24.5 Å². The van der Waals surface area contributed by atoms with Crippen molar-refractivity contribution < 1.29 is 8.78 Å². The van der Waals surface area contributed by atoms with Crippen molar-refractivity contribution in [3.05, 3.63) is 58.9 Å². The lowest BCUT2D eigenvalue weighted by Crippen LogP contribution is -2.06. The molecular weight excluding hydrogens is 248 g/mol. The summed E-state index contributed by atoms with van der Waals surface area (Å²) in [7, 11) is 0. The van der Waals surface area contributed by atoms with Gasteiger partial charge in [0.1, 0.15) is 11.6 Å². The Morgan fingerprint density at radius 2 is 2.00 bits per heavy atom. The number of anilines is 1. The van der Waals surface area contributed by atoms with Crippen LogP contribution in [0.2, 0.25) is 0 Å². The fourth-order valence-corrected chi connectivity index (χ4v) is 1.67. The highest BCUT2D eigenvalue weighted by Gasteiger charge is 2.11.